The highest BCUT2D eigenvalue weighted by atomic mass is 35.5. The molecule has 4 aliphatic rings. The topological polar surface area (TPSA) is 111 Å². The van der Waals surface area contributed by atoms with E-state index in [0.717, 1.165) is 36.6 Å². The van der Waals surface area contributed by atoms with Gasteiger partial charge in [-0.2, -0.15) is 0 Å². The maximum Gasteiger partial charge on any atom is 0.213 e. The van der Waals surface area contributed by atoms with Gasteiger partial charge in [-0.25, -0.2) is 14.4 Å². The van der Waals surface area contributed by atoms with E-state index in [0.29, 0.717) is 55.1 Å². The summed E-state index contributed by atoms with van der Waals surface area (Å²) >= 11 is 0. The third-order valence-corrected chi connectivity index (χ3v) is 7.86. The number of nitrogens with zero attached hydrogens (tertiary/aromatic N) is 3. The monoisotopic (exact) mass is 531 g/mol. The molecule has 0 spiro atoms. The molecule has 3 fully saturated rings. The van der Waals surface area contributed by atoms with Crippen molar-refractivity contribution >= 4 is 29.3 Å². The van der Waals surface area contributed by atoms with E-state index in [1.54, 1.807) is 12.1 Å². The maximum absolute atomic E-state index is 14.8. The standard InChI is InChI=1S/C26H30FN5O4.ClH/c1-34-22-5-3-19-23(32-22)17(18(27)14-29-19)12-21(33)26-8-6-25(7-9-26,15-36-26)30-13-16-2-4-20-24(31-16)28-10-11-35-20;/h2-5,14,21,30,33H,6-13,15H2,1H3,(H,28,31);1H. The molecule has 3 aromatic rings. The van der Waals surface area contributed by atoms with E-state index >= 15 is 0 Å². The molecule has 37 heavy (non-hydrogen) atoms. The van der Waals surface area contributed by atoms with Gasteiger partial charge >= 0.3 is 0 Å². The molecule has 3 aromatic heterocycles. The van der Waals surface area contributed by atoms with E-state index in [2.05, 4.69) is 25.6 Å². The molecule has 2 bridgehead atoms. The number of ether oxygens (including phenoxy) is 3. The summed E-state index contributed by atoms with van der Waals surface area (Å²) in [4.78, 5) is 13.2. The van der Waals surface area contributed by atoms with Crippen molar-refractivity contribution in [1.82, 2.24) is 20.3 Å². The highest BCUT2D eigenvalue weighted by Crippen LogP contribution is 2.46. The van der Waals surface area contributed by atoms with Crippen molar-refractivity contribution in [3.8, 4) is 11.6 Å². The smallest absolute Gasteiger partial charge is 0.213 e. The zero-order valence-electron chi connectivity index (χ0n) is 20.6. The van der Waals surface area contributed by atoms with E-state index < -0.39 is 17.5 Å². The average Bonchev–Trinajstić information content (AvgIpc) is 2.94. The summed E-state index contributed by atoms with van der Waals surface area (Å²) in [5, 5.41) is 18.2. The number of halogens is 2. The third kappa shape index (κ3) is 4.79. The molecule has 0 aromatic carbocycles. The minimum atomic E-state index is -0.864. The van der Waals surface area contributed by atoms with Crippen LogP contribution in [0.2, 0.25) is 0 Å². The quantitative estimate of drug-likeness (QED) is 0.423. The number of rotatable bonds is 7. The first-order chi connectivity index (χ1) is 17.5. The molecule has 11 heteroatoms. The summed E-state index contributed by atoms with van der Waals surface area (Å²) in [5.74, 6) is 1.46. The molecular weight excluding hydrogens is 501 g/mol. The van der Waals surface area contributed by atoms with Gasteiger partial charge in [-0.15, -0.1) is 12.4 Å². The molecule has 6 heterocycles. The van der Waals surface area contributed by atoms with Crippen LogP contribution in [0.25, 0.3) is 11.0 Å². The molecule has 1 saturated carbocycles. The Morgan fingerprint density at radius 3 is 2.78 bits per heavy atom. The van der Waals surface area contributed by atoms with E-state index in [1.807, 2.05) is 12.1 Å². The SMILES string of the molecule is COc1ccc2ncc(F)c(CC(O)C34CCC(NCc5ccc6c(n5)NCCO6)(CC3)CO4)c2n1.Cl. The molecule has 198 valence electrons. The Hall–Kier alpha value is -2.79. The Morgan fingerprint density at radius 1 is 1.19 bits per heavy atom. The minimum absolute atomic E-state index is 0. The molecule has 1 unspecified atom stereocenters. The predicted octanol–water partition coefficient (Wildman–Crippen LogP) is 3.17. The molecule has 3 aliphatic heterocycles. The summed E-state index contributed by atoms with van der Waals surface area (Å²) in [7, 11) is 1.51. The fourth-order valence-corrected chi connectivity index (χ4v) is 5.58. The number of methoxy groups -OCH3 is 1. The highest BCUT2D eigenvalue weighted by molar-refractivity contribution is 5.85. The summed E-state index contributed by atoms with van der Waals surface area (Å²) in [6.07, 6.45) is 3.52. The second kappa shape index (κ2) is 10.2. The van der Waals surface area contributed by atoms with Crippen LogP contribution < -0.4 is 20.1 Å². The van der Waals surface area contributed by atoms with Gasteiger partial charge in [0.2, 0.25) is 5.88 Å². The van der Waals surface area contributed by atoms with Gasteiger partial charge in [0.25, 0.3) is 0 Å². The maximum atomic E-state index is 14.8. The third-order valence-electron chi connectivity index (χ3n) is 7.86. The molecule has 3 N–H and O–H groups in total. The number of anilines is 1. The number of fused-ring (bicyclic) bond motifs is 5. The van der Waals surface area contributed by atoms with Crippen LogP contribution >= 0.6 is 12.4 Å². The number of hydrogen-bond acceptors (Lipinski definition) is 9. The van der Waals surface area contributed by atoms with Crippen molar-refractivity contribution in [2.75, 3.05) is 32.2 Å². The fourth-order valence-electron chi connectivity index (χ4n) is 5.58. The minimum Gasteiger partial charge on any atom is -0.488 e. The molecule has 1 aliphatic carbocycles. The summed E-state index contributed by atoms with van der Waals surface area (Å²) < 4.78 is 32.0. The van der Waals surface area contributed by atoms with Gasteiger partial charge in [-0.1, -0.05) is 0 Å². The highest BCUT2D eigenvalue weighted by Gasteiger charge is 2.53. The molecule has 7 rings (SSSR count). The number of nitrogens with one attached hydrogen (secondary N) is 2. The molecule has 9 nitrogen and oxygen atoms in total. The summed E-state index contributed by atoms with van der Waals surface area (Å²) in [5.41, 5.74) is 1.38. The zero-order valence-corrected chi connectivity index (χ0v) is 21.4. The normalized spacial score (nSPS) is 24.9. The van der Waals surface area contributed by atoms with Gasteiger partial charge in [-0.3, -0.25) is 4.98 Å². The van der Waals surface area contributed by atoms with E-state index in [9.17, 15) is 9.50 Å². The fraction of sp³-hybridized carbons (Fsp3) is 0.500. The summed E-state index contributed by atoms with van der Waals surface area (Å²) in [6, 6.07) is 7.36. The molecule has 0 radical (unpaired) electrons. The zero-order chi connectivity index (χ0) is 24.8. The van der Waals surface area contributed by atoms with Gasteiger partial charge in [-0.05, 0) is 43.9 Å². The first-order valence-corrected chi connectivity index (χ1v) is 12.4. The number of hydrogen-bond donors (Lipinski definition) is 3. The Labute approximate surface area is 220 Å². The Bertz CT molecular complexity index is 1270. The second-order valence-electron chi connectivity index (χ2n) is 9.94. The van der Waals surface area contributed by atoms with Crippen molar-refractivity contribution in [2.24, 2.45) is 0 Å². The van der Waals surface area contributed by atoms with Gasteiger partial charge in [0.1, 0.15) is 12.4 Å². The number of aromatic nitrogens is 3. The van der Waals surface area contributed by atoms with Crippen molar-refractivity contribution < 1.29 is 23.7 Å². The van der Waals surface area contributed by atoms with Crippen molar-refractivity contribution in [2.45, 2.75) is 55.9 Å². The van der Waals surface area contributed by atoms with E-state index in [-0.39, 0.29) is 24.4 Å². The van der Waals surface area contributed by atoms with Gasteiger partial charge in [0.15, 0.2) is 11.6 Å². The van der Waals surface area contributed by atoms with E-state index in [4.69, 9.17) is 14.2 Å². The van der Waals surface area contributed by atoms with Crippen LogP contribution in [0.3, 0.4) is 0 Å². The molecular formula is C26H31ClFN5O4. The van der Waals surface area contributed by atoms with Gasteiger partial charge < -0.3 is 30.0 Å². The van der Waals surface area contributed by atoms with Crippen LogP contribution in [0.4, 0.5) is 10.2 Å². The average molecular weight is 532 g/mol. The Morgan fingerprint density at radius 2 is 2.03 bits per heavy atom. The van der Waals surface area contributed by atoms with Gasteiger partial charge in [0, 0.05) is 30.1 Å². The van der Waals surface area contributed by atoms with Crippen LogP contribution in [0.15, 0.2) is 30.5 Å². The summed E-state index contributed by atoms with van der Waals surface area (Å²) in [6.45, 7) is 2.51. The Kier molecular flexibility index (Phi) is 7.10. The Balaban J connectivity index is 0.00000280. The number of aliphatic hydroxyl groups excluding tert-OH is 1. The lowest BCUT2D eigenvalue weighted by atomic mass is 9.68. The lowest BCUT2D eigenvalue weighted by Crippen LogP contribution is -2.65. The van der Waals surface area contributed by atoms with Crippen molar-refractivity contribution in [3.05, 3.63) is 47.5 Å². The predicted molar refractivity (Wildman–Crippen MR) is 138 cm³/mol. The number of aliphatic hydroxyl groups is 1. The van der Waals surface area contributed by atoms with Crippen LogP contribution in [-0.4, -0.2) is 64.2 Å². The largest absolute Gasteiger partial charge is 0.488 e. The first kappa shape index (κ1) is 25.8. The van der Waals surface area contributed by atoms with Gasteiger partial charge in [0.05, 0.1) is 54.9 Å². The molecule has 2 saturated heterocycles. The van der Waals surface area contributed by atoms with Crippen LogP contribution in [-0.2, 0) is 17.7 Å². The second-order valence-corrected chi connectivity index (χ2v) is 9.94. The lowest BCUT2D eigenvalue weighted by Gasteiger charge is -2.55. The van der Waals surface area contributed by atoms with Crippen LogP contribution in [0.5, 0.6) is 11.6 Å². The van der Waals surface area contributed by atoms with Crippen LogP contribution in [0.1, 0.15) is 36.9 Å². The van der Waals surface area contributed by atoms with Crippen molar-refractivity contribution in [3.63, 3.8) is 0 Å². The van der Waals surface area contributed by atoms with E-state index in [1.165, 1.54) is 13.3 Å². The molecule has 1 atom stereocenters. The van der Waals surface area contributed by atoms with Crippen LogP contribution in [0, 0.1) is 5.82 Å². The number of pyridine rings is 3. The van der Waals surface area contributed by atoms with Crippen molar-refractivity contribution in [1.29, 1.82) is 0 Å². The molecule has 0 amide bonds. The lowest BCUT2D eigenvalue weighted by molar-refractivity contribution is -0.208. The first-order valence-electron chi connectivity index (χ1n) is 12.4.